The van der Waals surface area contributed by atoms with Crippen LogP contribution in [0.15, 0.2) is 11.0 Å². The van der Waals surface area contributed by atoms with Crippen molar-refractivity contribution in [1.82, 2.24) is 19.7 Å². The number of fused-ring (bicyclic) bond motifs is 1. The number of hydrogen-bond donors (Lipinski definition) is 1. The summed E-state index contributed by atoms with van der Waals surface area (Å²) in [6.45, 7) is 4.93. The first kappa shape index (κ1) is 15.8. The molecule has 0 radical (unpaired) electrons. The van der Waals surface area contributed by atoms with Crippen LogP contribution in [0, 0.1) is 5.92 Å². The molecule has 1 unspecified atom stereocenters. The first-order valence-electron chi connectivity index (χ1n) is 9.12. The van der Waals surface area contributed by atoms with Crippen molar-refractivity contribution in [2.24, 2.45) is 5.92 Å². The predicted molar refractivity (Wildman–Crippen MR) is 92.1 cm³/mol. The lowest BCUT2D eigenvalue weighted by Crippen LogP contribution is -2.35. The van der Waals surface area contributed by atoms with Crippen molar-refractivity contribution in [2.75, 3.05) is 6.61 Å². The second-order valence-electron chi connectivity index (χ2n) is 7.95. The molecule has 3 heterocycles. The average molecular weight is 330 g/mol. The van der Waals surface area contributed by atoms with Crippen LogP contribution in [0.5, 0.6) is 0 Å². The van der Waals surface area contributed by atoms with E-state index in [2.05, 4.69) is 23.9 Å². The van der Waals surface area contributed by atoms with Gasteiger partial charge in [0.05, 0.1) is 17.8 Å². The molecule has 0 bridgehead atoms. The van der Waals surface area contributed by atoms with Crippen LogP contribution in [-0.2, 0) is 11.2 Å². The van der Waals surface area contributed by atoms with Gasteiger partial charge in [0.15, 0.2) is 5.65 Å². The molecule has 2 aromatic heterocycles. The maximum absolute atomic E-state index is 12.4. The van der Waals surface area contributed by atoms with Crippen molar-refractivity contribution < 1.29 is 4.74 Å². The molecule has 1 aliphatic heterocycles. The van der Waals surface area contributed by atoms with Crippen molar-refractivity contribution >= 4 is 11.0 Å². The molecule has 2 aliphatic rings. The number of hydrogen-bond acceptors (Lipinski definition) is 4. The fraction of sp³-hybridized carbons (Fsp3) is 0.722. The SMILES string of the molecule is CC1(C)CC(n2ncc3c(=O)[nH]c(CC4CCCC4)nc32)CCO1. The van der Waals surface area contributed by atoms with Gasteiger partial charge in [-0.2, -0.15) is 5.10 Å². The molecule has 130 valence electrons. The number of H-pyrrole nitrogens is 1. The molecular formula is C18H26N4O2. The van der Waals surface area contributed by atoms with E-state index >= 15 is 0 Å². The number of rotatable bonds is 3. The standard InChI is InChI=1S/C18H26N4O2/c1-18(2)10-13(7-8-24-18)22-16-14(11-19-22)17(23)21-15(20-16)9-12-5-3-4-6-12/h11-13H,3-10H2,1-2H3,(H,20,21,23). The number of aromatic amines is 1. The highest BCUT2D eigenvalue weighted by atomic mass is 16.5. The van der Waals surface area contributed by atoms with E-state index in [4.69, 9.17) is 9.72 Å². The van der Waals surface area contributed by atoms with Crippen molar-refractivity contribution in [3.63, 3.8) is 0 Å². The van der Waals surface area contributed by atoms with Gasteiger partial charge in [-0.15, -0.1) is 0 Å². The zero-order valence-corrected chi connectivity index (χ0v) is 14.5. The highest BCUT2D eigenvalue weighted by molar-refractivity contribution is 5.73. The van der Waals surface area contributed by atoms with E-state index in [-0.39, 0.29) is 17.2 Å². The van der Waals surface area contributed by atoms with Crippen LogP contribution in [-0.4, -0.2) is 32.0 Å². The fourth-order valence-corrected chi connectivity index (χ4v) is 4.24. The first-order chi connectivity index (χ1) is 11.5. The largest absolute Gasteiger partial charge is 0.375 e. The molecule has 1 atom stereocenters. The molecule has 24 heavy (non-hydrogen) atoms. The summed E-state index contributed by atoms with van der Waals surface area (Å²) in [5, 5.41) is 5.09. The van der Waals surface area contributed by atoms with Crippen molar-refractivity contribution in [2.45, 2.75) is 70.4 Å². The third kappa shape index (κ3) is 2.99. The minimum Gasteiger partial charge on any atom is -0.375 e. The number of ether oxygens (including phenoxy) is 1. The fourth-order valence-electron chi connectivity index (χ4n) is 4.24. The van der Waals surface area contributed by atoms with Crippen LogP contribution in [0.4, 0.5) is 0 Å². The highest BCUT2D eigenvalue weighted by Crippen LogP contribution is 2.33. The Kier molecular flexibility index (Phi) is 3.95. The second kappa shape index (κ2) is 5.99. The van der Waals surface area contributed by atoms with Crippen LogP contribution >= 0.6 is 0 Å². The summed E-state index contributed by atoms with van der Waals surface area (Å²) in [4.78, 5) is 20.2. The second-order valence-corrected chi connectivity index (χ2v) is 7.95. The Bertz CT molecular complexity index is 786. The number of nitrogens with zero attached hydrogens (tertiary/aromatic N) is 3. The van der Waals surface area contributed by atoms with Crippen LogP contribution in [0.1, 0.15) is 64.2 Å². The van der Waals surface area contributed by atoms with Crippen LogP contribution in [0.2, 0.25) is 0 Å². The van der Waals surface area contributed by atoms with Crippen molar-refractivity contribution in [3.8, 4) is 0 Å². The average Bonchev–Trinajstić information content (AvgIpc) is 3.15. The molecule has 4 rings (SSSR count). The minimum atomic E-state index is -0.158. The Morgan fingerprint density at radius 1 is 1.33 bits per heavy atom. The summed E-state index contributed by atoms with van der Waals surface area (Å²) in [5.41, 5.74) is 0.509. The monoisotopic (exact) mass is 330 g/mol. The number of aromatic nitrogens is 4. The van der Waals surface area contributed by atoms with Crippen LogP contribution in [0.3, 0.4) is 0 Å². The first-order valence-corrected chi connectivity index (χ1v) is 9.12. The Balaban J connectivity index is 1.68. The van der Waals surface area contributed by atoms with E-state index in [9.17, 15) is 4.79 Å². The highest BCUT2D eigenvalue weighted by Gasteiger charge is 2.31. The molecule has 1 N–H and O–H groups in total. The van der Waals surface area contributed by atoms with E-state index in [1.54, 1.807) is 6.20 Å². The third-order valence-electron chi connectivity index (χ3n) is 5.49. The van der Waals surface area contributed by atoms with E-state index < -0.39 is 0 Å². The Hall–Kier alpha value is -1.69. The lowest BCUT2D eigenvalue weighted by atomic mass is 9.94. The van der Waals surface area contributed by atoms with E-state index in [1.807, 2.05) is 4.68 Å². The van der Waals surface area contributed by atoms with Gasteiger partial charge in [-0.3, -0.25) is 4.79 Å². The molecule has 2 aromatic rings. The van der Waals surface area contributed by atoms with E-state index in [1.165, 1.54) is 25.7 Å². The van der Waals surface area contributed by atoms with Gasteiger partial charge in [-0.25, -0.2) is 9.67 Å². The maximum atomic E-state index is 12.4. The Morgan fingerprint density at radius 2 is 2.12 bits per heavy atom. The zero-order valence-electron chi connectivity index (χ0n) is 14.5. The summed E-state index contributed by atoms with van der Waals surface area (Å²) in [6.07, 6.45) is 9.41. The van der Waals surface area contributed by atoms with Gasteiger partial charge in [0, 0.05) is 13.0 Å². The van der Waals surface area contributed by atoms with Crippen LogP contribution < -0.4 is 5.56 Å². The molecule has 1 aliphatic carbocycles. The predicted octanol–water partition coefficient (Wildman–Crippen LogP) is 2.98. The van der Waals surface area contributed by atoms with Gasteiger partial charge in [0.2, 0.25) is 0 Å². The normalized spacial score (nSPS) is 24.7. The van der Waals surface area contributed by atoms with Gasteiger partial charge in [-0.1, -0.05) is 25.7 Å². The maximum Gasteiger partial charge on any atom is 0.262 e. The molecule has 0 spiro atoms. The van der Waals surface area contributed by atoms with Gasteiger partial charge in [-0.05, 0) is 32.6 Å². The molecule has 1 saturated heterocycles. The van der Waals surface area contributed by atoms with Gasteiger partial charge in [0.1, 0.15) is 11.2 Å². The van der Waals surface area contributed by atoms with Crippen molar-refractivity contribution in [1.29, 1.82) is 0 Å². The Morgan fingerprint density at radius 3 is 2.88 bits per heavy atom. The summed E-state index contributed by atoms with van der Waals surface area (Å²) in [5.74, 6) is 1.47. The quantitative estimate of drug-likeness (QED) is 0.939. The molecule has 1 saturated carbocycles. The third-order valence-corrected chi connectivity index (χ3v) is 5.49. The molecule has 0 aromatic carbocycles. The lowest BCUT2D eigenvalue weighted by molar-refractivity contribution is -0.0702. The molecule has 6 nitrogen and oxygen atoms in total. The van der Waals surface area contributed by atoms with E-state index in [0.29, 0.717) is 11.3 Å². The van der Waals surface area contributed by atoms with E-state index in [0.717, 1.165) is 37.3 Å². The summed E-state index contributed by atoms with van der Waals surface area (Å²) in [7, 11) is 0. The van der Waals surface area contributed by atoms with Gasteiger partial charge < -0.3 is 9.72 Å². The smallest absolute Gasteiger partial charge is 0.262 e. The van der Waals surface area contributed by atoms with Crippen LogP contribution in [0.25, 0.3) is 11.0 Å². The van der Waals surface area contributed by atoms with Crippen molar-refractivity contribution in [3.05, 3.63) is 22.4 Å². The molecule has 6 heteroatoms. The topological polar surface area (TPSA) is 72.8 Å². The lowest BCUT2D eigenvalue weighted by Gasteiger charge is -2.35. The summed E-state index contributed by atoms with van der Waals surface area (Å²) >= 11 is 0. The van der Waals surface area contributed by atoms with Gasteiger partial charge in [0.25, 0.3) is 5.56 Å². The molecule has 2 fully saturated rings. The summed E-state index contributed by atoms with van der Waals surface area (Å²) in [6, 6.07) is 0.236. The minimum absolute atomic E-state index is 0.0643. The molecular weight excluding hydrogens is 304 g/mol. The van der Waals surface area contributed by atoms with Gasteiger partial charge >= 0.3 is 0 Å². The Labute approximate surface area is 141 Å². The number of nitrogens with one attached hydrogen (secondary N) is 1. The zero-order chi connectivity index (χ0) is 16.7. The molecule has 0 amide bonds. The summed E-state index contributed by atoms with van der Waals surface area (Å²) < 4.78 is 7.76.